The van der Waals surface area contributed by atoms with Crippen molar-refractivity contribution in [3.05, 3.63) is 72.6 Å². The van der Waals surface area contributed by atoms with Gasteiger partial charge in [-0.2, -0.15) is 0 Å². The fourth-order valence-electron chi connectivity index (χ4n) is 3.77. The molecule has 33 heavy (non-hydrogen) atoms. The van der Waals surface area contributed by atoms with E-state index in [4.69, 9.17) is 4.74 Å². The number of nitrogens with one attached hydrogen (secondary N) is 1. The second kappa shape index (κ2) is 8.87. The minimum Gasteiger partial charge on any atom is -0.476 e. The van der Waals surface area contributed by atoms with Crippen molar-refractivity contribution in [2.45, 2.75) is 0 Å². The molecule has 1 aliphatic rings. The molecule has 1 N–H and O–H groups in total. The van der Waals surface area contributed by atoms with Crippen LogP contribution in [-0.2, 0) is 0 Å². The first-order valence-electron chi connectivity index (χ1n) is 10.5. The van der Waals surface area contributed by atoms with E-state index >= 15 is 4.39 Å². The molecule has 4 heterocycles. The van der Waals surface area contributed by atoms with Crippen LogP contribution in [0.25, 0.3) is 22.2 Å². The van der Waals surface area contributed by atoms with Crippen LogP contribution in [0, 0.1) is 11.7 Å². The van der Waals surface area contributed by atoms with Crippen molar-refractivity contribution in [2.75, 3.05) is 32.1 Å². The van der Waals surface area contributed by atoms with Gasteiger partial charge in [-0.05, 0) is 25.2 Å². The second-order valence-electron chi connectivity index (χ2n) is 8.03. The summed E-state index contributed by atoms with van der Waals surface area (Å²) < 4.78 is 21.2. The number of ether oxygens (including phenoxy) is 1. The minimum absolute atomic E-state index is 0.190. The number of anilines is 1. The Hall–Kier alpha value is -3.98. The van der Waals surface area contributed by atoms with E-state index in [1.165, 1.54) is 30.9 Å². The number of nitrogens with zero attached hydrogens (tertiary/aromatic N) is 5. The highest BCUT2D eigenvalue weighted by atomic mass is 19.1. The van der Waals surface area contributed by atoms with Crippen LogP contribution < -0.4 is 10.1 Å². The topological polar surface area (TPSA) is 93.1 Å². The Morgan fingerprint density at radius 1 is 1.15 bits per heavy atom. The summed E-state index contributed by atoms with van der Waals surface area (Å²) in [7, 11) is 2.06. The monoisotopic (exact) mass is 444 g/mol. The molecular weight excluding hydrogens is 423 g/mol. The smallest absolute Gasteiger partial charge is 0.256 e. The number of pyridine rings is 2. The van der Waals surface area contributed by atoms with E-state index < -0.39 is 5.82 Å². The van der Waals surface area contributed by atoms with Gasteiger partial charge in [0.15, 0.2) is 0 Å². The predicted octanol–water partition coefficient (Wildman–Crippen LogP) is 3.42. The van der Waals surface area contributed by atoms with Gasteiger partial charge < -0.3 is 15.0 Å². The van der Waals surface area contributed by atoms with E-state index in [0.717, 1.165) is 13.1 Å². The lowest BCUT2D eigenvalue weighted by Gasteiger charge is -2.35. The molecule has 0 bridgehead atoms. The number of carbonyl (C=O) groups is 1. The van der Waals surface area contributed by atoms with E-state index in [1.807, 2.05) is 6.07 Å². The van der Waals surface area contributed by atoms with Crippen molar-refractivity contribution in [2.24, 2.45) is 5.92 Å². The zero-order valence-electron chi connectivity index (χ0n) is 17.9. The van der Waals surface area contributed by atoms with Crippen molar-refractivity contribution < 1.29 is 13.9 Å². The van der Waals surface area contributed by atoms with Crippen LogP contribution in [0.1, 0.15) is 10.4 Å². The number of hydrogen-bond acceptors (Lipinski definition) is 7. The van der Waals surface area contributed by atoms with Gasteiger partial charge in [0.05, 0.1) is 42.0 Å². The molecule has 1 aromatic carbocycles. The molecule has 0 atom stereocenters. The molecule has 9 heteroatoms. The molecule has 0 unspecified atom stereocenters. The van der Waals surface area contributed by atoms with Crippen LogP contribution in [-0.4, -0.2) is 57.5 Å². The molecule has 3 aromatic heterocycles. The van der Waals surface area contributed by atoms with Crippen molar-refractivity contribution >= 4 is 22.6 Å². The maximum atomic E-state index is 15.5. The van der Waals surface area contributed by atoms with Crippen molar-refractivity contribution in [1.29, 1.82) is 0 Å². The molecule has 1 amide bonds. The molecule has 8 nitrogen and oxygen atoms in total. The Kier molecular flexibility index (Phi) is 5.62. The van der Waals surface area contributed by atoms with E-state index in [1.54, 1.807) is 24.3 Å². The number of carbonyl (C=O) groups excluding carboxylic acids is 1. The standard InChI is InChI=1S/C24H21FN6O2/c1-31-12-15(13-31)14-33-22-11-26-9-20(29-22)18-8-27-19-10-28-21(7-17(19)23(18)25)30-24(32)16-5-3-2-4-6-16/h2-11,15H,12-14H2,1H3,(H,28,30,32). The molecule has 0 aliphatic carbocycles. The van der Waals surface area contributed by atoms with Gasteiger partial charge in [0.2, 0.25) is 5.88 Å². The molecular formula is C24H21FN6O2. The maximum Gasteiger partial charge on any atom is 0.256 e. The minimum atomic E-state index is -0.523. The van der Waals surface area contributed by atoms with Crippen molar-refractivity contribution in [3.63, 3.8) is 0 Å². The number of fused-ring (bicyclic) bond motifs is 1. The third-order valence-corrected chi connectivity index (χ3v) is 5.46. The fraction of sp³-hybridized carbons (Fsp3) is 0.208. The van der Waals surface area contributed by atoms with Crippen LogP contribution in [0.15, 0.2) is 61.2 Å². The van der Waals surface area contributed by atoms with Gasteiger partial charge in [-0.3, -0.25) is 14.8 Å². The Morgan fingerprint density at radius 2 is 1.97 bits per heavy atom. The summed E-state index contributed by atoms with van der Waals surface area (Å²) in [6.07, 6.45) is 5.80. The van der Waals surface area contributed by atoms with Gasteiger partial charge in [-0.1, -0.05) is 18.2 Å². The third-order valence-electron chi connectivity index (χ3n) is 5.46. The number of benzene rings is 1. The van der Waals surface area contributed by atoms with Gasteiger partial charge >= 0.3 is 0 Å². The van der Waals surface area contributed by atoms with Crippen LogP contribution in [0.4, 0.5) is 10.2 Å². The summed E-state index contributed by atoms with van der Waals surface area (Å²) in [6.45, 7) is 2.50. The zero-order chi connectivity index (χ0) is 22.8. The van der Waals surface area contributed by atoms with Crippen LogP contribution in [0.2, 0.25) is 0 Å². The average Bonchev–Trinajstić information content (AvgIpc) is 2.82. The Morgan fingerprint density at radius 3 is 2.76 bits per heavy atom. The highest BCUT2D eigenvalue weighted by molar-refractivity contribution is 6.04. The molecule has 1 aliphatic heterocycles. The van der Waals surface area contributed by atoms with Crippen LogP contribution in [0.5, 0.6) is 5.88 Å². The first kappa shape index (κ1) is 20.9. The van der Waals surface area contributed by atoms with E-state index in [9.17, 15) is 4.79 Å². The summed E-state index contributed by atoms with van der Waals surface area (Å²) in [5.74, 6) is 0.163. The molecule has 0 spiro atoms. The highest BCUT2D eigenvalue weighted by Gasteiger charge is 2.24. The first-order chi connectivity index (χ1) is 16.1. The summed E-state index contributed by atoms with van der Waals surface area (Å²) in [5, 5.41) is 2.91. The lowest BCUT2D eigenvalue weighted by Crippen LogP contribution is -2.46. The fourth-order valence-corrected chi connectivity index (χ4v) is 3.77. The van der Waals surface area contributed by atoms with E-state index in [-0.39, 0.29) is 22.7 Å². The van der Waals surface area contributed by atoms with Gasteiger partial charge in [0.25, 0.3) is 5.91 Å². The normalized spacial score (nSPS) is 14.1. The van der Waals surface area contributed by atoms with Gasteiger partial charge in [-0.25, -0.2) is 14.4 Å². The SMILES string of the molecule is CN1CC(COc2cncc(-c3cnc4cnc(NC(=O)c5ccccc5)cc4c3F)n2)C1. The second-order valence-corrected chi connectivity index (χ2v) is 8.03. The number of rotatable bonds is 6. The lowest BCUT2D eigenvalue weighted by atomic mass is 10.0. The summed E-state index contributed by atoms with van der Waals surface area (Å²) in [4.78, 5) is 31.7. The van der Waals surface area contributed by atoms with Crippen LogP contribution >= 0.6 is 0 Å². The third kappa shape index (κ3) is 4.49. The zero-order valence-corrected chi connectivity index (χ0v) is 17.9. The number of amides is 1. The number of likely N-dealkylation sites (tertiary alicyclic amines) is 1. The molecule has 1 fully saturated rings. The quantitative estimate of drug-likeness (QED) is 0.487. The summed E-state index contributed by atoms with van der Waals surface area (Å²) in [6, 6.07) is 10.2. The molecule has 4 aromatic rings. The Labute approximate surface area is 189 Å². The average molecular weight is 444 g/mol. The number of hydrogen-bond donors (Lipinski definition) is 1. The van der Waals surface area contributed by atoms with Gasteiger partial charge in [-0.15, -0.1) is 0 Å². The predicted molar refractivity (Wildman–Crippen MR) is 121 cm³/mol. The largest absolute Gasteiger partial charge is 0.476 e. The Bertz CT molecular complexity index is 1310. The van der Waals surface area contributed by atoms with Gasteiger partial charge in [0.1, 0.15) is 11.6 Å². The van der Waals surface area contributed by atoms with E-state index in [0.29, 0.717) is 35.2 Å². The first-order valence-corrected chi connectivity index (χ1v) is 10.5. The molecule has 0 radical (unpaired) electrons. The lowest BCUT2D eigenvalue weighted by molar-refractivity contribution is 0.0837. The maximum absolute atomic E-state index is 15.5. The number of aromatic nitrogens is 4. The highest BCUT2D eigenvalue weighted by Crippen LogP contribution is 2.28. The van der Waals surface area contributed by atoms with Crippen molar-refractivity contribution in [3.8, 4) is 17.1 Å². The summed E-state index contributed by atoms with van der Waals surface area (Å²) >= 11 is 0. The number of halogens is 1. The molecule has 166 valence electrons. The van der Waals surface area contributed by atoms with Gasteiger partial charge in [0, 0.05) is 36.2 Å². The summed E-state index contributed by atoms with van der Waals surface area (Å²) in [5.41, 5.74) is 1.35. The van der Waals surface area contributed by atoms with E-state index in [2.05, 4.69) is 37.2 Å². The van der Waals surface area contributed by atoms with Crippen molar-refractivity contribution in [1.82, 2.24) is 24.8 Å². The molecule has 0 saturated carbocycles. The molecule has 1 saturated heterocycles. The Balaban J connectivity index is 1.39. The molecule has 5 rings (SSSR count). The van der Waals surface area contributed by atoms with Crippen LogP contribution in [0.3, 0.4) is 0 Å².